The lowest BCUT2D eigenvalue weighted by atomic mass is 10.2. The van der Waals surface area contributed by atoms with Crippen molar-refractivity contribution in [3.63, 3.8) is 0 Å². The highest BCUT2D eigenvalue weighted by Crippen LogP contribution is 2.08. The summed E-state index contributed by atoms with van der Waals surface area (Å²) in [6, 6.07) is 4.49. The first-order chi connectivity index (χ1) is 7.68. The fraction of sp³-hybridized carbons (Fsp3) is 0.100. The molecule has 0 radical (unpaired) electrons. The number of nitrogens with zero attached hydrogens (tertiary/aromatic N) is 3. The van der Waals surface area contributed by atoms with Gasteiger partial charge in [-0.3, -0.25) is 9.78 Å². The summed E-state index contributed by atoms with van der Waals surface area (Å²) in [7, 11) is 0. The van der Waals surface area contributed by atoms with Crippen LogP contribution in [0.5, 0.6) is 0 Å². The number of hydrogen-bond acceptors (Lipinski definition) is 3. The van der Waals surface area contributed by atoms with Gasteiger partial charge >= 0.3 is 6.43 Å². The third-order valence-corrected chi connectivity index (χ3v) is 1.97. The third-order valence-electron chi connectivity index (χ3n) is 1.97. The maximum Gasteiger partial charge on any atom is 0.302 e. The van der Waals surface area contributed by atoms with Crippen molar-refractivity contribution in [1.29, 1.82) is 0 Å². The van der Waals surface area contributed by atoms with Gasteiger partial charge in [0.2, 0.25) is 5.78 Å². The number of aromatic nitrogens is 3. The van der Waals surface area contributed by atoms with E-state index in [9.17, 15) is 13.6 Å². The minimum Gasteiger partial charge on any atom is -0.286 e. The van der Waals surface area contributed by atoms with Gasteiger partial charge in [-0.2, -0.15) is 5.10 Å². The topological polar surface area (TPSA) is 47.8 Å². The van der Waals surface area contributed by atoms with Crippen molar-refractivity contribution in [3.8, 4) is 5.69 Å². The zero-order chi connectivity index (χ0) is 11.5. The normalized spacial score (nSPS) is 10.7. The lowest BCUT2D eigenvalue weighted by Crippen LogP contribution is -2.12. The molecule has 0 aliphatic heterocycles. The molecule has 16 heavy (non-hydrogen) atoms. The van der Waals surface area contributed by atoms with Crippen LogP contribution in [0.15, 0.2) is 36.8 Å². The van der Waals surface area contributed by atoms with E-state index >= 15 is 0 Å². The van der Waals surface area contributed by atoms with E-state index in [1.165, 1.54) is 23.0 Å². The van der Waals surface area contributed by atoms with Crippen molar-refractivity contribution < 1.29 is 13.6 Å². The van der Waals surface area contributed by atoms with E-state index in [0.29, 0.717) is 5.69 Å². The highest BCUT2D eigenvalue weighted by atomic mass is 19.3. The van der Waals surface area contributed by atoms with E-state index in [4.69, 9.17) is 0 Å². The summed E-state index contributed by atoms with van der Waals surface area (Å²) in [6.45, 7) is 0. The summed E-state index contributed by atoms with van der Waals surface area (Å²) < 4.78 is 25.7. The molecule has 2 aromatic rings. The Balaban J connectivity index is 2.27. The molecule has 0 aromatic carbocycles. The van der Waals surface area contributed by atoms with Gasteiger partial charge in [0.05, 0.1) is 11.9 Å². The SMILES string of the molecule is O=C(c1ccc(-n2cccn2)cn1)C(F)F. The second-order valence-electron chi connectivity index (χ2n) is 3.02. The van der Waals surface area contributed by atoms with Crippen LogP contribution in [0, 0.1) is 0 Å². The molecule has 0 amide bonds. The minimum atomic E-state index is -3.02. The lowest BCUT2D eigenvalue weighted by molar-refractivity contribution is 0.0673. The summed E-state index contributed by atoms with van der Waals surface area (Å²) >= 11 is 0. The van der Waals surface area contributed by atoms with Crippen LogP contribution in [0.4, 0.5) is 8.78 Å². The average molecular weight is 223 g/mol. The first kappa shape index (κ1) is 10.4. The molecular weight excluding hydrogens is 216 g/mol. The van der Waals surface area contributed by atoms with Crippen LogP contribution in [0.3, 0.4) is 0 Å². The molecular formula is C10H7F2N3O. The zero-order valence-corrected chi connectivity index (χ0v) is 8.05. The van der Waals surface area contributed by atoms with Gasteiger partial charge in [-0.05, 0) is 18.2 Å². The molecule has 0 N–H and O–H groups in total. The molecule has 0 atom stereocenters. The van der Waals surface area contributed by atoms with Crippen molar-refractivity contribution in [2.24, 2.45) is 0 Å². The van der Waals surface area contributed by atoms with E-state index in [1.54, 1.807) is 18.5 Å². The quantitative estimate of drug-likeness (QED) is 0.744. The number of carbonyl (C=O) groups is 1. The van der Waals surface area contributed by atoms with Gasteiger partial charge in [0.15, 0.2) is 0 Å². The van der Waals surface area contributed by atoms with Crippen LogP contribution in [0.2, 0.25) is 0 Å². The summed E-state index contributed by atoms with van der Waals surface area (Å²) in [5.41, 5.74) is 0.363. The second-order valence-corrected chi connectivity index (χ2v) is 3.02. The van der Waals surface area contributed by atoms with Gasteiger partial charge in [-0.1, -0.05) is 0 Å². The molecule has 0 saturated heterocycles. The van der Waals surface area contributed by atoms with Crippen molar-refractivity contribution in [2.45, 2.75) is 6.43 Å². The van der Waals surface area contributed by atoms with Crippen molar-refractivity contribution in [2.75, 3.05) is 0 Å². The number of pyridine rings is 1. The monoisotopic (exact) mass is 223 g/mol. The Kier molecular flexibility index (Phi) is 2.72. The summed E-state index contributed by atoms with van der Waals surface area (Å²) in [4.78, 5) is 14.6. The number of halogens is 2. The highest BCUT2D eigenvalue weighted by Gasteiger charge is 2.18. The van der Waals surface area contributed by atoms with Crippen LogP contribution in [0.25, 0.3) is 5.69 Å². The van der Waals surface area contributed by atoms with Crippen LogP contribution in [-0.4, -0.2) is 27.0 Å². The van der Waals surface area contributed by atoms with Gasteiger partial charge in [0, 0.05) is 12.4 Å². The maximum absolute atomic E-state index is 12.1. The Labute approximate surface area is 89.5 Å². The summed E-state index contributed by atoms with van der Waals surface area (Å²) in [5.74, 6) is -1.27. The Bertz CT molecular complexity index is 479. The number of Topliss-reactive ketones (excluding diaryl/α,β-unsaturated/α-hetero) is 1. The van der Waals surface area contributed by atoms with Crippen molar-refractivity contribution >= 4 is 5.78 Å². The van der Waals surface area contributed by atoms with Crippen molar-refractivity contribution in [1.82, 2.24) is 14.8 Å². The van der Waals surface area contributed by atoms with E-state index in [0.717, 1.165) is 0 Å². The number of alkyl halides is 2. The molecule has 0 spiro atoms. The van der Waals surface area contributed by atoms with Gasteiger partial charge in [0.25, 0.3) is 0 Å². The number of ketones is 1. The molecule has 4 nitrogen and oxygen atoms in total. The molecule has 0 fully saturated rings. The third kappa shape index (κ3) is 1.95. The van der Waals surface area contributed by atoms with Crippen molar-refractivity contribution in [3.05, 3.63) is 42.5 Å². The molecule has 2 aromatic heterocycles. The zero-order valence-electron chi connectivity index (χ0n) is 8.05. The Morgan fingerprint density at radius 1 is 1.38 bits per heavy atom. The van der Waals surface area contributed by atoms with Gasteiger partial charge in [-0.25, -0.2) is 13.5 Å². The largest absolute Gasteiger partial charge is 0.302 e. The molecule has 2 rings (SSSR count). The van der Waals surface area contributed by atoms with E-state index in [1.807, 2.05) is 0 Å². The number of rotatable bonds is 3. The summed E-state index contributed by atoms with van der Waals surface area (Å²) in [5, 5.41) is 3.94. The fourth-order valence-electron chi connectivity index (χ4n) is 1.20. The molecule has 6 heteroatoms. The Morgan fingerprint density at radius 3 is 2.69 bits per heavy atom. The van der Waals surface area contributed by atoms with Gasteiger partial charge in [0.1, 0.15) is 5.69 Å². The first-order valence-corrected chi connectivity index (χ1v) is 4.47. The van der Waals surface area contributed by atoms with Gasteiger partial charge < -0.3 is 0 Å². The fourth-order valence-corrected chi connectivity index (χ4v) is 1.20. The number of carbonyl (C=O) groups excluding carboxylic acids is 1. The summed E-state index contributed by atoms with van der Waals surface area (Å²) in [6.07, 6.45) is 1.56. The molecule has 0 saturated carbocycles. The van der Waals surface area contributed by atoms with Crippen LogP contribution < -0.4 is 0 Å². The average Bonchev–Trinajstić information content (AvgIpc) is 2.81. The predicted molar refractivity (Wildman–Crippen MR) is 51.7 cm³/mol. The molecule has 0 unspecified atom stereocenters. The smallest absolute Gasteiger partial charge is 0.286 e. The minimum absolute atomic E-state index is 0.245. The first-order valence-electron chi connectivity index (χ1n) is 4.47. The number of hydrogen-bond donors (Lipinski definition) is 0. The van der Waals surface area contributed by atoms with E-state index in [2.05, 4.69) is 10.1 Å². The lowest BCUT2D eigenvalue weighted by Gasteiger charge is -2.02. The molecule has 0 aliphatic carbocycles. The predicted octanol–water partition coefficient (Wildman–Crippen LogP) is 1.72. The van der Waals surface area contributed by atoms with Crippen LogP contribution in [-0.2, 0) is 0 Å². The standard InChI is InChI=1S/C10H7F2N3O/c11-10(12)9(16)8-3-2-7(6-13-8)15-5-1-4-14-15/h1-6,10H. The second kappa shape index (κ2) is 4.18. The van der Waals surface area contributed by atoms with Gasteiger partial charge in [-0.15, -0.1) is 0 Å². The molecule has 0 aliphatic rings. The van der Waals surface area contributed by atoms with E-state index < -0.39 is 12.2 Å². The maximum atomic E-state index is 12.1. The highest BCUT2D eigenvalue weighted by molar-refractivity contribution is 5.96. The van der Waals surface area contributed by atoms with Crippen LogP contribution >= 0.6 is 0 Å². The Hall–Kier alpha value is -2.11. The molecule has 2 heterocycles. The molecule has 82 valence electrons. The van der Waals surface area contributed by atoms with Crippen LogP contribution in [0.1, 0.15) is 10.5 Å². The van der Waals surface area contributed by atoms with E-state index in [-0.39, 0.29) is 5.69 Å². The Morgan fingerprint density at radius 2 is 2.19 bits per heavy atom. The molecule has 0 bridgehead atoms.